The highest BCUT2D eigenvalue weighted by Crippen LogP contribution is 2.44. The third kappa shape index (κ3) is 3.70. The molecule has 0 atom stereocenters. The van der Waals surface area contributed by atoms with Crippen LogP contribution in [0.15, 0.2) is 170 Å². The fraction of sp³-hybridized carbons (Fsp3) is 0. The molecule has 0 spiro atoms. The Labute approximate surface area is 287 Å². The van der Waals surface area contributed by atoms with Crippen molar-refractivity contribution in [2.45, 2.75) is 0 Å². The number of benzene rings is 8. The summed E-state index contributed by atoms with van der Waals surface area (Å²) >= 11 is 0. The van der Waals surface area contributed by atoms with Crippen LogP contribution in [-0.4, -0.2) is 19.1 Å². The van der Waals surface area contributed by atoms with Crippen LogP contribution in [0.2, 0.25) is 0 Å². The molecule has 11 aromatic rings. The smallest absolute Gasteiger partial charge is 0.165 e. The normalized spacial score (nSPS) is 12.0. The Morgan fingerprint density at radius 3 is 1.36 bits per heavy atom. The lowest BCUT2D eigenvalue weighted by Gasteiger charge is -2.16. The van der Waals surface area contributed by atoms with Crippen LogP contribution in [0.5, 0.6) is 0 Å². The average Bonchev–Trinajstić information content (AvgIpc) is 3.71. The SMILES string of the molecule is c1ccc(-c2nc3c4ccccc4c4ccccc4c3nc2-n2c3ccccc3c3c4c5ccccc5n(-c5ccccc5)c4ccc32)cc1. The lowest BCUT2D eigenvalue weighted by molar-refractivity contribution is 1.08. The summed E-state index contributed by atoms with van der Waals surface area (Å²) in [5.74, 6) is 0.821. The number of hydrogen-bond acceptors (Lipinski definition) is 2. The Morgan fingerprint density at radius 1 is 0.320 bits per heavy atom. The summed E-state index contributed by atoms with van der Waals surface area (Å²) in [6.07, 6.45) is 0. The van der Waals surface area contributed by atoms with Crippen molar-refractivity contribution in [3.63, 3.8) is 0 Å². The van der Waals surface area contributed by atoms with E-state index in [0.717, 1.165) is 55.6 Å². The number of nitrogens with zero attached hydrogens (tertiary/aromatic N) is 4. The van der Waals surface area contributed by atoms with Crippen LogP contribution < -0.4 is 0 Å². The zero-order valence-electron chi connectivity index (χ0n) is 27.0. The van der Waals surface area contributed by atoms with Crippen molar-refractivity contribution in [3.05, 3.63) is 170 Å². The first-order chi connectivity index (χ1) is 24.8. The summed E-state index contributed by atoms with van der Waals surface area (Å²) in [6, 6.07) is 60.4. The Bertz CT molecular complexity index is 3140. The van der Waals surface area contributed by atoms with E-state index >= 15 is 0 Å². The van der Waals surface area contributed by atoms with E-state index in [0.29, 0.717) is 0 Å². The van der Waals surface area contributed by atoms with Crippen LogP contribution in [-0.2, 0) is 0 Å². The van der Waals surface area contributed by atoms with Crippen LogP contribution in [0.3, 0.4) is 0 Å². The zero-order chi connectivity index (χ0) is 32.8. The Hall–Kier alpha value is -6.78. The molecule has 0 fully saturated rings. The number of rotatable bonds is 3. The van der Waals surface area contributed by atoms with Gasteiger partial charge in [-0.25, -0.2) is 9.97 Å². The summed E-state index contributed by atoms with van der Waals surface area (Å²) in [7, 11) is 0. The highest BCUT2D eigenvalue weighted by molar-refractivity contribution is 6.29. The second-order valence-corrected chi connectivity index (χ2v) is 12.9. The van der Waals surface area contributed by atoms with Gasteiger partial charge in [-0.05, 0) is 47.2 Å². The molecular formula is C46H28N4. The van der Waals surface area contributed by atoms with Gasteiger partial charge in [0.05, 0.1) is 33.1 Å². The Kier molecular flexibility index (Phi) is 5.63. The first-order valence-corrected chi connectivity index (χ1v) is 17.0. The highest BCUT2D eigenvalue weighted by atomic mass is 15.1. The molecule has 11 rings (SSSR count). The monoisotopic (exact) mass is 636 g/mol. The predicted octanol–water partition coefficient (Wildman–Crippen LogP) is 11.8. The molecular weight excluding hydrogens is 609 g/mol. The van der Waals surface area contributed by atoms with E-state index in [-0.39, 0.29) is 0 Å². The van der Waals surface area contributed by atoms with Crippen LogP contribution in [0.25, 0.3) is 99.0 Å². The quantitative estimate of drug-likeness (QED) is 0.181. The molecule has 0 aliphatic heterocycles. The molecule has 50 heavy (non-hydrogen) atoms. The first-order valence-electron chi connectivity index (χ1n) is 17.0. The van der Waals surface area contributed by atoms with E-state index in [2.05, 4.69) is 179 Å². The second kappa shape index (κ2) is 10.4. The third-order valence-corrected chi connectivity index (χ3v) is 10.3. The first kappa shape index (κ1) is 27.2. The summed E-state index contributed by atoms with van der Waals surface area (Å²) in [6.45, 7) is 0. The van der Waals surface area contributed by atoms with Crippen LogP contribution in [0.4, 0.5) is 0 Å². The van der Waals surface area contributed by atoms with Crippen molar-refractivity contribution in [3.8, 4) is 22.8 Å². The number of hydrogen-bond donors (Lipinski definition) is 0. The van der Waals surface area contributed by atoms with E-state index in [1.54, 1.807) is 0 Å². The molecule has 0 saturated heterocycles. The Balaban J connectivity index is 1.34. The van der Waals surface area contributed by atoms with E-state index in [1.165, 1.54) is 43.4 Å². The maximum absolute atomic E-state index is 5.66. The van der Waals surface area contributed by atoms with Crippen molar-refractivity contribution in [1.82, 2.24) is 19.1 Å². The maximum Gasteiger partial charge on any atom is 0.165 e. The molecule has 8 aromatic carbocycles. The van der Waals surface area contributed by atoms with Crippen molar-refractivity contribution in [1.29, 1.82) is 0 Å². The van der Waals surface area contributed by atoms with Gasteiger partial charge in [-0.15, -0.1) is 0 Å². The fourth-order valence-corrected chi connectivity index (χ4v) is 8.20. The standard InChI is InChI=1S/C46H28N4/c1-3-15-29(16-4-1)43-46(48-45-34-22-10-8-20-32(34)31-19-7-9-21-33(31)44(45)47-43)50-38-26-14-12-24-36(38)42-40(50)28-27-39-41(42)35-23-11-13-25-37(35)49(39)30-17-5-2-6-18-30/h1-28H. The van der Waals surface area contributed by atoms with Gasteiger partial charge in [-0.2, -0.15) is 0 Å². The van der Waals surface area contributed by atoms with Crippen molar-refractivity contribution in [2.75, 3.05) is 0 Å². The summed E-state index contributed by atoms with van der Waals surface area (Å²) in [5.41, 5.74) is 9.41. The van der Waals surface area contributed by atoms with Crippen LogP contribution in [0, 0.1) is 0 Å². The topological polar surface area (TPSA) is 35.6 Å². The molecule has 0 unspecified atom stereocenters. The van der Waals surface area contributed by atoms with Crippen LogP contribution >= 0.6 is 0 Å². The predicted molar refractivity (Wildman–Crippen MR) is 209 cm³/mol. The fourth-order valence-electron chi connectivity index (χ4n) is 8.20. The largest absolute Gasteiger partial charge is 0.309 e. The number of fused-ring (bicyclic) bond motifs is 13. The Morgan fingerprint density at radius 2 is 0.760 bits per heavy atom. The molecule has 0 aliphatic carbocycles. The van der Waals surface area contributed by atoms with Gasteiger partial charge in [-0.3, -0.25) is 4.57 Å². The summed E-state index contributed by atoms with van der Waals surface area (Å²) < 4.78 is 4.73. The van der Waals surface area contributed by atoms with E-state index in [1.807, 2.05) is 0 Å². The van der Waals surface area contributed by atoms with E-state index < -0.39 is 0 Å². The second-order valence-electron chi connectivity index (χ2n) is 12.9. The van der Waals surface area contributed by atoms with Crippen LogP contribution in [0.1, 0.15) is 0 Å². The molecule has 3 heterocycles. The minimum Gasteiger partial charge on any atom is -0.309 e. The highest BCUT2D eigenvalue weighted by Gasteiger charge is 2.24. The molecule has 0 amide bonds. The molecule has 0 bridgehead atoms. The van der Waals surface area contributed by atoms with E-state index in [9.17, 15) is 0 Å². The molecule has 0 N–H and O–H groups in total. The molecule has 0 radical (unpaired) electrons. The van der Waals surface area contributed by atoms with Gasteiger partial charge in [-0.1, -0.05) is 133 Å². The lowest BCUT2D eigenvalue weighted by atomic mass is 9.99. The van der Waals surface area contributed by atoms with Gasteiger partial charge in [0.15, 0.2) is 5.82 Å². The molecule has 4 heteroatoms. The minimum atomic E-state index is 0.821. The number of aromatic nitrogens is 4. The third-order valence-electron chi connectivity index (χ3n) is 10.3. The number of para-hydroxylation sites is 3. The zero-order valence-corrected chi connectivity index (χ0v) is 27.0. The summed E-state index contributed by atoms with van der Waals surface area (Å²) in [5, 5.41) is 9.44. The van der Waals surface area contributed by atoms with E-state index in [4.69, 9.17) is 9.97 Å². The van der Waals surface area contributed by atoms with Crippen molar-refractivity contribution in [2.24, 2.45) is 0 Å². The molecule has 4 nitrogen and oxygen atoms in total. The lowest BCUT2D eigenvalue weighted by Crippen LogP contribution is -2.04. The van der Waals surface area contributed by atoms with Crippen molar-refractivity contribution >= 4 is 76.2 Å². The van der Waals surface area contributed by atoms with Crippen molar-refractivity contribution < 1.29 is 0 Å². The van der Waals surface area contributed by atoms with Gasteiger partial charge >= 0.3 is 0 Å². The maximum atomic E-state index is 5.66. The molecule has 0 aliphatic rings. The molecule has 3 aromatic heterocycles. The van der Waals surface area contributed by atoms with Gasteiger partial charge in [0.1, 0.15) is 5.69 Å². The average molecular weight is 637 g/mol. The van der Waals surface area contributed by atoms with Gasteiger partial charge in [0.25, 0.3) is 0 Å². The van der Waals surface area contributed by atoms with Gasteiger partial charge in [0.2, 0.25) is 0 Å². The van der Waals surface area contributed by atoms with Gasteiger partial charge in [0, 0.05) is 43.6 Å². The molecule has 232 valence electrons. The van der Waals surface area contributed by atoms with Gasteiger partial charge < -0.3 is 4.57 Å². The summed E-state index contributed by atoms with van der Waals surface area (Å²) in [4.78, 5) is 11.2. The minimum absolute atomic E-state index is 0.821. The molecule has 0 saturated carbocycles.